The Hall–Kier alpha value is -0.940. The SMILES string of the molecule is Cc1nc(C(=O)N(C)C2CCN(C(C)C)CC2)cs1. The van der Waals surface area contributed by atoms with Crippen molar-refractivity contribution in [3.63, 3.8) is 0 Å². The number of carbonyl (C=O) groups excluding carboxylic acids is 1. The summed E-state index contributed by atoms with van der Waals surface area (Å²) in [6, 6.07) is 0.952. The van der Waals surface area contributed by atoms with Gasteiger partial charge in [0, 0.05) is 37.6 Å². The van der Waals surface area contributed by atoms with E-state index < -0.39 is 0 Å². The predicted octanol–water partition coefficient (Wildman–Crippen LogP) is 2.40. The molecule has 2 rings (SSSR count). The molecule has 1 saturated heterocycles. The third-order valence-corrected chi connectivity index (χ3v) is 4.71. The molecule has 1 aliphatic rings. The minimum Gasteiger partial charge on any atom is -0.337 e. The van der Waals surface area contributed by atoms with Crippen LogP contribution in [0.1, 0.15) is 42.2 Å². The number of amides is 1. The molecule has 0 radical (unpaired) electrons. The van der Waals surface area contributed by atoms with E-state index in [1.807, 2.05) is 24.3 Å². The maximum atomic E-state index is 12.3. The second-order valence-corrected chi connectivity index (χ2v) is 6.59. The van der Waals surface area contributed by atoms with Gasteiger partial charge in [0.2, 0.25) is 0 Å². The molecular formula is C14H23N3OS. The van der Waals surface area contributed by atoms with Crippen molar-refractivity contribution >= 4 is 17.2 Å². The Labute approximate surface area is 119 Å². The number of hydrogen-bond acceptors (Lipinski definition) is 4. The van der Waals surface area contributed by atoms with Gasteiger partial charge in [-0.2, -0.15) is 0 Å². The predicted molar refractivity (Wildman–Crippen MR) is 78.7 cm³/mol. The van der Waals surface area contributed by atoms with Crippen molar-refractivity contribution in [3.05, 3.63) is 16.1 Å². The highest BCUT2D eigenvalue weighted by atomic mass is 32.1. The lowest BCUT2D eigenvalue weighted by Crippen LogP contribution is -2.47. The molecule has 2 heterocycles. The number of thiazole rings is 1. The van der Waals surface area contributed by atoms with Crippen LogP contribution >= 0.6 is 11.3 Å². The molecule has 4 nitrogen and oxygen atoms in total. The van der Waals surface area contributed by atoms with Crippen molar-refractivity contribution in [2.45, 2.75) is 45.7 Å². The number of likely N-dealkylation sites (tertiary alicyclic amines) is 1. The highest BCUT2D eigenvalue weighted by Gasteiger charge is 2.27. The number of hydrogen-bond donors (Lipinski definition) is 0. The third kappa shape index (κ3) is 3.34. The molecule has 1 aromatic heterocycles. The standard InChI is InChI=1S/C14H23N3OS/c1-10(2)17-7-5-12(6-8-17)16(4)14(18)13-9-19-11(3)15-13/h9-10,12H,5-8H2,1-4H3. The Morgan fingerprint density at radius 1 is 1.47 bits per heavy atom. The molecule has 0 N–H and O–H groups in total. The minimum absolute atomic E-state index is 0.0624. The normalized spacial score (nSPS) is 17.9. The van der Waals surface area contributed by atoms with Crippen LogP contribution in [0.25, 0.3) is 0 Å². The molecule has 106 valence electrons. The number of nitrogens with zero attached hydrogens (tertiary/aromatic N) is 3. The van der Waals surface area contributed by atoms with E-state index in [1.54, 1.807) is 0 Å². The first kappa shape index (κ1) is 14.5. The number of rotatable bonds is 3. The Morgan fingerprint density at radius 3 is 2.58 bits per heavy atom. The van der Waals surface area contributed by atoms with Gasteiger partial charge in [0.15, 0.2) is 0 Å². The topological polar surface area (TPSA) is 36.4 Å². The molecule has 0 saturated carbocycles. The summed E-state index contributed by atoms with van der Waals surface area (Å²) in [7, 11) is 1.91. The fraction of sp³-hybridized carbons (Fsp3) is 0.714. The quantitative estimate of drug-likeness (QED) is 0.853. The molecular weight excluding hydrogens is 258 g/mol. The second kappa shape index (κ2) is 6.01. The van der Waals surface area contributed by atoms with Crippen molar-refractivity contribution < 1.29 is 4.79 Å². The highest BCUT2D eigenvalue weighted by molar-refractivity contribution is 7.09. The molecule has 19 heavy (non-hydrogen) atoms. The number of aryl methyl sites for hydroxylation is 1. The fourth-order valence-electron chi connectivity index (χ4n) is 2.60. The Bertz CT molecular complexity index is 436. The molecule has 1 fully saturated rings. The number of aromatic nitrogens is 1. The first-order chi connectivity index (χ1) is 8.99. The zero-order chi connectivity index (χ0) is 14.0. The lowest BCUT2D eigenvalue weighted by molar-refractivity contribution is 0.0610. The van der Waals surface area contributed by atoms with Crippen LogP contribution in [0.15, 0.2) is 5.38 Å². The van der Waals surface area contributed by atoms with E-state index in [0.29, 0.717) is 17.8 Å². The lowest BCUT2D eigenvalue weighted by Gasteiger charge is -2.38. The van der Waals surface area contributed by atoms with Gasteiger partial charge in [-0.25, -0.2) is 4.98 Å². The van der Waals surface area contributed by atoms with E-state index in [9.17, 15) is 4.79 Å². The average molecular weight is 281 g/mol. The monoisotopic (exact) mass is 281 g/mol. The number of carbonyl (C=O) groups is 1. The molecule has 0 bridgehead atoms. The summed E-state index contributed by atoms with van der Waals surface area (Å²) in [6.07, 6.45) is 2.12. The molecule has 1 aliphatic heterocycles. The molecule has 0 unspecified atom stereocenters. The first-order valence-corrected chi connectivity index (χ1v) is 7.80. The fourth-order valence-corrected chi connectivity index (χ4v) is 3.18. The Morgan fingerprint density at radius 2 is 2.11 bits per heavy atom. The molecule has 1 amide bonds. The van der Waals surface area contributed by atoms with Gasteiger partial charge in [-0.15, -0.1) is 11.3 Å². The van der Waals surface area contributed by atoms with E-state index in [1.165, 1.54) is 11.3 Å². The van der Waals surface area contributed by atoms with E-state index >= 15 is 0 Å². The summed E-state index contributed by atoms with van der Waals surface area (Å²) in [5.74, 6) is 0.0624. The van der Waals surface area contributed by atoms with Gasteiger partial charge < -0.3 is 9.80 Å². The average Bonchev–Trinajstić information content (AvgIpc) is 2.84. The van der Waals surface area contributed by atoms with Gasteiger partial charge >= 0.3 is 0 Å². The Balaban J connectivity index is 1.94. The van der Waals surface area contributed by atoms with Crippen LogP contribution in [0.2, 0.25) is 0 Å². The van der Waals surface area contributed by atoms with Gasteiger partial charge in [0.05, 0.1) is 5.01 Å². The van der Waals surface area contributed by atoms with Crippen molar-refractivity contribution in [1.29, 1.82) is 0 Å². The van der Waals surface area contributed by atoms with Gasteiger partial charge in [0.1, 0.15) is 5.69 Å². The van der Waals surface area contributed by atoms with E-state index in [0.717, 1.165) is 30.9 Å². The summed E-state index contributed by atoms with van der Waals surface area (Å²) in [4.78, 5) is 21.0. The highest BCUT2D eigenvalue weighted by Crippen LogP contribution is 2.19. The van der Waals surface area contributed by atoms with E-state index in [4.69, 9.17) is 0 Å². The largest absolute Gasteiger partial charge is 0.337 e. The van der Waals surface area contributed by atoms with Gasteiger partial charge in [-0.3, -0.25) is 4.79 Å². The van der Waals surface area contributed by atoms with Gasteiger partial charge in [-0.1, -0.05) is 0 Å². The van der Waals surface area contributed by atoms with Gasteiger partial charge in [0.25, 0.3) is 5.91 Å². The maximum Gasteiger partial charge on any atom is 0.273 e. The van der Waals surface area contributed by atoms with Crippen LogP contribution < -0.4 is 0 Å². The van der Waals surface area contributed by atoms with Gasteiger partial charge in [-0.05, 0) is 33.6 Å². The van der Waals surface area contributed by atoms with Crippen LogP contribution in [-0.4, -0.2) is 52.9 Å². The van der Waals surface area contributed by atoms with Crippen LogP contribution in [0.5, 0.6) is 0 Å². The first-order valence-electron chi connectivity index (χ1n) is 6.92. The van der Waals surface area contributed by atoms with Crippen LogP contribution in [-0.2, 0) is 0 Å². The second-order valence-electron chi connectivity index (χ2n) is 5.53. The Kier molecular flexibility index (Phi) is 4.58. The summed E-state index contributed by atoms with van der Waals surface area (Å²) in [5.41, 5.74) is 0.594. The molecule has 1 aromatic rings. The zero-order valence-electron chi connectivity index (χ0n) is 12.2. The molecule has 0 aliphatic carbocycles. The van der Waals surface area contributed by atoms with E-state index in [2.05, 4.69) is 23.7 Å². The molecule has 5 heteroatoms. The summed E-state index contributed by atoms with van der Waals surface area (Å²) in [6.45, 7) is 8.55. The van der Waals surface area contributed by atoms with Crippen molar-refractivity contribution in [2.75, 3.05) is 20.1 Å². The maximum absolute atomic E-state index is 12.3. The lowest BCUT2D eigenvalue weighted by atomic mass is 10.0. The van der Waals surface area contributed by atoms with Crippen LogP contribution in [0.4, 0.5) is 0 Å². The molecule has 0 aromatic carbocycles. The third-order valence-electron chi connectivity index (χ3n) is 3.94. The summed E-state index contributed by atoms with van der Waals surface area (Å²) in [5, 5.41) is 2.81. The van der Waals surface area contributed by atoms with Crippen molar-refractivity contribution in [1.82, 2.24) is 14.8 Å². The van der Waals surface area contributed by atoms with E-state index in [-0.39, 0.29) is 5.91 Å². The molecule has 0 spiro atoms. The van der Waals surface area contributed by atoms with Crippen molar-refractivity contribution in [2.24, 2.45) is 0 Å². The van der Waals surface area contributed by atoms with Crippen LogP contribution in [0.3, 0.4) is 0 Å². The minimum atomic E-state index is 0.0624. The number of piperidine rings is 1. The summed E-state index contributed by atoms with van der Waals surface area (Å²) < 4.78 is 0. The smallest absolute Gasteiger partial charge is 0.273 e. The zero-order valence-corrected chi connectivity index (χ0v) is 13.0. The van der Waals surface area contributed by atoms with Crippen LogP contribution in [0, 0.1) is 6.92 Å². The summed E-state index contributed by atoms with van der Waals surface area (Å²) >= 11 is 1.53. The van der Waals surface area contributed by atoms with Crippen molar-refractivity contribution in [3.8, 4) is 0 Å². The molecule has 0 atom stereocenters.